The van der Waals surface area contributed by atoms with Crippen molar-refractivity contribution < 1.29 is 22.0 Å². The zero-order chi connectivity index (χ0) is 37.6. The Bertz CT molecular complexity index is 2770. The number of hydrogen-bond donors (Lipinski definition) is 0. The van der Waals surface area contributed by atoms with Crippen LogP contribution in [0.25, 0.3) is 43.8 Å². The van der Waals surface area contributed by atoms with Gasteiger partial charge in [0, 0.05) is 44.9 Å². The Morgan fingerprint density at radius 1 is 0.345 bits per heavy atom. The summed E-state index contributed by atoms with van der Waals surface area (Å²) < 4.78 is 73.1. The maximum absolute atomic E-state index is 15.1. The third-order valence-corrected chi connectivity index (χ3v) is 9.62. The Labute approximate surface area is 312 Å². The van der Waals surface area contributed by atoms with Crippen molar-refractivity contribution in [1.82, 2.24) is 9.97 Å². The zero-order valence-electron chi connectivity index (χ0n) is 28.8. The third kappa shape index (κ3) is 5.77. The first kappa shape index (κ1) is 33.7. The second-order valence-electron chi connectivity index (χ2n) is 12.9. The minimum absolute atomic E-state index is 0.234. The Hall–Kier alpha value is -7.13. The van der Waals surface area contributed by atoms with Gasteiger partial charge in [-0.3, -0.25) is 4.98 Å². The van der Waals surface area contributed by atoms with Crippen molar-refractivity contribution in [3.63, 3.8) is 0 Å². The van der Waals surface area contributed by atoms with Gasteiger partial charge >= 0.3 is 0 Å². The second kappa shape index (κ2) is 13.7. The molecule has 9 heteroatoms. The van der Waals surface area contributed by atoms with Crippen LogP contribution in [0, 0.1) is 29.1 Å². The van der Waals surface area contributed by atoms with Gasteiger partial charge in [-0.05, 0) is 83.6 Å². The highest BCUT2D eigenvalue weighted by molar-refractivity contribution is 6.24. The Morgan fingerprint density at radius 3 is 1.11 bits per heavy atom. The van der Waals surface area contributed by atoms with Gasteiger partial charge < -0.3 is 9.80 Å². The fourth-order valence-electron chi connectivity index (χ4n) is 7.13. The lowest BCUT2D eigenvalue weighted by molar-refractivity contribution is 0.381. The topological polar surface area (TPSA) is 32.3 Å². The minimum Gasteiger partial charge on any atom is -0.310 e. The first-order valence-corrected chi connectivity index (χ1v) is 17.4. The molecule has 9 rings (SSSR count). The molecule has 266 valence electrons. The number of nitrogens with zero attached hydrogens (tertiary/aromatic N) is 4. The number of halogens is 5. The van der Waals surface area contributed by atoms with Gasteiger partial charge in [-0.15, -0.1) is 0 Å². The maximum atomic E-state index is 15.1. The summed E-state index contributed by atoms with van der Waals surface area (Å²) in [5.74, 6) is -10.3. The van der Waals surface area contributed by atoms with Crippen molar-refractivity contribution in [2.75, 3.05) is 9.80 Å². The third-order valence-electron chi connectivity index (χ3n) is 9.62. The van der Waals surface area contributed by atoms with Crippen molar-refractivity contribution in [1.29, 1.82) is 0 Å². The molecule has 0 saturated heterocycles. The highest BCUT2D eigenvalue weighted by Crippen LogP contribution is 2.43. The highest BCUT2D eigenvalue weighted by Gasteiger charge is 2.28. The van der Waals surface area contributed by atoms with E-state index >= 15 is 8.78 Å². The molecule has 0 spiro atoms. The molecule has 0 unspecified atom stereocenters. The standard InChI is InChI=1S/C46H27F5N4/c47-40-39(41(48)43(50)44(51)42(40)49)38-27-52-45-34-23-21-32(54(28-13-5-1-6-14-28)29-15-7-2-8-16-29)25-36(34)37-26-33(22-24-35(37)46(45)53-38)55(30-17-9-3-10-18-30)31-19-11-4-12-20-31/h1-27H. The Morgan fingerprint density at radius 2 is 0.709 bits per heavy atom. The van der Waals surface area contributed by atoms with Gasteiger partial charge in [0.25, 0.3) is 0 Å². The predicted molar refractivity (Wildman–Crippen MR) is 209 cm³/mol. The summed E-state index contributed by atoms with van der Waals surface area (Å²) in [6, 6.07) is 51.4. The van der Waals surface area contributed by atoms with Crippen LogP contribution >= 0.6 is 0 Å². The summed E-state index contributed by atoms with van der Waals surface area (Å²) >= 11 is 0. The summed E-state index contributed by atoms with van der Waals surface area (Å²) in [6.07, 6.45) is 1.04. The van der Waals surface area contributed by atoms with Crippen molar-refractivity contribution in [2.45, 2.75) is 0 Å². The molecule has 0 N–H and O–H groups in total. The molecule has 0 radical (unpaired) electrons. The van der Waals surface area contributed by atoms with Crippen LogP contribution in [0.1, 0.15) is 0 Å². The molecule has 0 aliphatic rings. The van der Waals surface area contributed by atoms with Crippen molar-refractivity contribution in [2.24, 2.45) is 0 Å². The molecule has 9 aromatic rings. The average molecular weight is 731 g/mol. The summed E-state index contributed by atoms with van der Waals surface area (Å²) in [7, 11) is 0. The SMILES string of the molecule is Fc1c(F)c(F)c(-c2cnc3c4ccc(N(c5ccccc5)c5ccccc5)cc4c4cc(N(c5ccccc5)c5ccccc5)ccc4c3n2)c(F)c1F. The fourth-order valence-corrected chi connectivity index (χ4v) is 7.13. The number of aromatic nitrogens is 2. The zero-order valence-corrected chi connectivity index (χ0v) is 28.8. The summed E-state index contributed by atoms with van der Waals surface area (Å²) in [6.45, 7) is 0. The van der Waals surface area contributed by atoms with Crippen LogP contribution in [0.2, 0.25) is 0 Å². The van der Waals surface area contributed by atoms with Crippen LogP contribution in [0.5, 0.6) is 0 Å². The highest BCUT2D eigenvalue weighted by atomic mass is 19.2. The maximum Gasteiger partial charge on any atom is 0.200 e. The van der Waals surface area contributed by atoms with Gasteiger partial charge in [0.05, 0.1) is 28.5 Å². The molecule has 4 nitrogen and oxygen atoms in total. The molecule has 0 aliphatic carbocycles. The van der Waals surface area contributed by atoms with E-state index in [0.29, 0.717) is 16.3 Å². The molecule has 0 bridgehead atoms. The molecule has 8 aromatic carbocycles. The quantitative estimate of drug-likeness (QED) is 0.0707. The van der Waals surface area contributed by atoms with Crippen LogP contribution in [0.3, 0.4) is 0 Å². The molecular weight excluding hydrogens is 704 g/mol. The van der Waals surface area contributed by atoms with Crippen molar-refractivity contribution in [3.8, 4) is 11.3 Å². The smallest absolute Gasteiger partial charge is 0.200 e. The lowest BCUT2D eigenvalue weighted by Gasteiger charge is -2.27. The molecule has 55 heavy (non-hydrogen) atoms. The van der Waals surface area contributed by atoms with Crippen molar-refractivity contribution in [3.05, 3.63) is 193 Å². The average Bonchev–Trinajstić information content (AvgIpc) is 3.24. The molecular formula is C46H27F5N4. The first-order chi connectivity index (χ1) is 26.9. The largest absolute Gasteiger partial charge is 0.310 e. The number of rotatable bonds is 7. The summed E-state index contributed by atoms with van der Waals surface area (Å²) in [4.78, 5) is 13.4. The molecule has 1 heterocycles. The van der Waals surface area contributed by atoms with Crippen LogP contribution < -0.4 is 9.80 Å². The molecule has 1 aromatic heterocycles. The number of anilines is 6. The minimum atomic E-state index is -2.24. The van der Waals surface area contributed by atoms with Crippen molar-refractivity contribution >= 4 is 66.7 Å². The van der Waals surface area contributed by atoms with E-state index in [1.165, 1.54) is 0 Å². The van der Waals surface area contributed by atoms with E-state index in [1.807, 2.05) is 152 Å². The summed E-state index contributed by atoms with van der Waals surface area (Å²) in [5.41, 5.74) is 4.34. The molecule has 0 atom stereocenters. The predicted octanol–water partition coefficient (Wildman–Crippen LogP) is 13.2. The monoisotopic (exact) mass is 730 g/mol. The van der Waals surface area contributed by atoms with E-state index in [4.69, 9.17) is 0 Å². The number of para-hydroxylation sites is 4. The van der Waals surface area contributed by atoms with Gasteiger partial charge in [0.1, 0.15) is 0 Å². The van der Waals surface area contributed by atoms with E-state index in [1.54, 1.807) is 0 Å². The van der Waals surface area contributed by atoms with Gasteiger partial charge in [-0.1, -0.05) is 84.9 Å². The van der Waals surface area contributed by atoms with E-state index < -0.39 is 40.3 Å². The van der Waals surface area contributed by atoms with Crippen LogP contribution in [-0.4, -0.2) is 9.97 Å². The molecule has 0 aliphatic heterocycles. The van der Waals surface area contributed by atoms with Gasteiger partial charge in [-0.25, -0.2) is 26.9 Å². The molecule has 0 fully saturated rings. The normalized spacial score (nSPS) is 11.4. The van der Waals surface area contributed by atoms with Gasteiger partial charge in [0.2, 0.25) is 5.82 Å². The van der Waals surface area contributed by atoms with E-state index in [9.17, 15) is 13.2 Å². The first-order valence-electron chi connectivity index (χ1n) is 17.4. The van der Waals surface area contributed by atoms with E-state index in [0.717, 1.165) is 51.1 Å². The van der Waals surface area contributed by atoms with Gasteiger partial charge in [0.15, 0.2) is 23.3 Å². The molecule has 0 saturated carbocycles. The van der Waals surface area contributed by atoms with Gasteiger partial charge in [-0.2, -0.15) is 0 Å². The summed E-state index contributed by atoms with van der Waals surface area (Å²) in [5, 5.41) is 2.77. The lowest BCUT2D eigenvalue weighted by atomic mass is 9.97. The molecule has 0 amide bonds. The number of fused-ring (bicyclic) bond motifs is 6. The van der Waals surface area contributed by atoms with Crippen LogP contribution in [0.4, 0.5) is 56.1 Å². The van der Waals surface area contributed by atoms with E-state index in [2.05, 4.69) is 25.8 Å². The van der Waals surface area contributed by atoms with E-state index in [-0.39, 0.29) is 5.52 Å². The fraction of sp³-hybridized carbons (Fsp3) is 0. The Kier molecular flexibility index (Phi) is 8.39. The van der Waals surface area contributed by atoms with Crippen LogP contribution in [0.15, 0.2) is 164 Å². The number of hydrogen-bond acceptors (Lipinski definition) is 4. The Balaban J connectivity index is 1.35. The second-order valence-corrected chi connectivity index (χ2v) is 12.9. The number of benzene rings is 8. The lowest BCUT2D eigenvalue weighted by Crippen LogP contribution is -2.10. The van der Waals surface area contributed by atoms with Crippen LogP contribution in [-0.2, 0) is 0 Å².